The monoisotopic (exact) mass is 475 g/mol. The summed E-state index contributed by atoms with van der Waals surface area (Å²) in [5.74, 6) is -0.223. The van der Waals surface area contributed by atoms with Crippen molar-refractivity contribution in [2.45, 2.75) is 6.92 Å². The molecule has 2 amide bonds. The number of methoxy groups -OCH3 is 1. The molecule has 2 N–H and O–H groups in total. The first kappa shape index (κ1) is 24.4. The van der Waals surface area contributed by atoms with Gasteiger partial charge in [-0.05, 0) is 55.0 Å². The van der Waals surface area contributed by atoms with E-state index >= 15 is 0 Å². The van der Waals surface area contributed by atoms with Crippen molar-refractivity contribution < 1.29 is 19.1 Å². The van der Waals surface area contributed by atoms with Gasteiger partial charge in [-0.25, -0.2) is 0 Å². The maximum absolute atomic E-state index is 12.5. The Hall–Kier alpha value is -4.28. The maximum Gasteiger partial charge on any atom is 0.266 e. The van der Waals surface area contributed by atoms with E-state index in [9.17, 15) is 14.9 Å². The van der Waals surface area contributed by atoms with Crippen molar-refractivity contribution in [3.05, 3.63) is 88.5 Å². The van der Waals surface area contributed by atoms with E-state index in [1.54, 1.807) is 42.5 Å². The third-order valence-corrected chi connectivity index (χ3v) is 5.01. The fourth-order valence-electron chi connectivity index (χ4n) is 2.94. The normalized spacial score (nSPS) is 10.7. The molecule has 0 spiro atoms. The molecule has 172 valence electrons. The van der Waals surface area contributed by atoms with Gasteiger partial charge in [-0.1, -0.05) is 47.5 Å². The van der Waals surface area contributed by atoms with Crippen LogP contribution >= 0.6 is 11.6 Å². The molecule has 0 aromatic heterocycles. The predicted molar refractivity (Wildman–Crippen MR) is 132 cm³/mol. The molecule has 0 fully saturated rings. The molecule has 0 aliphatic heterocycles. The topological polar surface area (TPSA) is 100 Å². The summed E-state index contributed by atoms with van der Waals surface area (Å²) in [7, 11) is 1.46. The van der Waals surface area contributed by atoms with E-state index < -0.39 is 5.91 Å². The summed E-state index contributed by atoms with van der Waals surface area (Å²) in [5, 5.41) is 15.2. The second-order valence-corrected chi connectivity index (χ2v) is 7.62. The second kappa shape index (κ2) is 11.5. The van der Waals surface area contributed by atoms with E-state index in [1.165, 1.54) is 13.2 Å². The lowest BCUT2D eigenvalue weighted by Crippen LogP contribution is -2.20. The van der Waals surface area contributed by atoms with Gasteiger partial charge in [0.25, 0.3) is 11.8 Å². The minimum Gasteiger partial charge on any atom is -0.493 e. The number of halogens is 1. The van der Waals surface area contributed by atoms with Gasteiger partial charge in [0.1, 0.15) is 11.6 Å². The van der Waals surface area contributed by atoms with E-state index in [4.69, 9.17) is 21.1 Å². The zero-order valence-corrected chi connectivity index (χ0v) is 19.3. The number of benzene rings is 3. The largest absolute Gasteiger partial charge is 0.493 e. The lowest BCUT2D eigenvalue weighted by Gasteiger charge is -2.12. The predicted octanol–water partition coefficient (Wildman–Crippen LogP) is 5.22. The van der Waals surface area contributed by atoms with Crippen LogP contribution in [-0.2, 0) is 9.59 Å². The van der Waals surface area contributed by atoms with Gasteiger partial charge in [-0.2, -0.15) is 5.26 Å². The summed E-state index contributed by atoms with van der Waals surface area (Å²) in [6.07, 6.45) is 1.42. The molecule has 3 aromatic carbocycles. The lowest BCUT2D eigenvalue weighted by atomic mass is 10.1. The molecule has 0 heterocycles. The van der Waals surface area contributed by atoms with Crippen molar-refractivity contribution in [2.24, 2.45) is 0 Å². The van der Waals surface area contributed by atoms with Crippen LogP contribution in [0.1, 0.15) is 11.1 Å². The molecule has 0 saturated heterocycles. The van der Waals surface area contributed by atoms with Crippen LogP contribution < -0.4 is 20.1 Å². The molecule has 3 rings (SSSR count). The lowest BCUT2D eigenvalue weighted by molar-refractivity contribution is -0.118. The molecule has 8 heteroatoms. The number of nitrogens with zero attached hydrogens (tertiary/aromatic N) is 1. The molecule has 34 heavy (non-hydrogen) atoms. The van der Waals surface area contributed by atoms with Crippen LogP contribution in [0.3, 0.4) is 0 Å². The Kier molecular flexibility index (Phi) is 8.27. The number of aryl methyl sites for hydroxylation is 1. The van der Waals surface area contributed by atoms with Crippen LogP contribution in [0.25, 0.3) is 6.08 Å². The Labute approximate surface area is 202 Å². The van der Waals surface area contributed by atoms with Crippen LogP contribution in [0, 0.1) is 18.3 Å². The summed E-state index contributed by atoms with van der Waals surface area (Å²) >= 11 is 6.06. The van der Waals surface area contributed by atoms with E-state index in [0.29, 0.717) is 33.5 Å². The Morgan fingerprint density at radius 2 is 1.76 bits per heavy atom. The Morgan fingerprint density at radius 3 is 2.44 bits per heavy atom. The van der Waals surface area contributed by atoms with Gasteiger partial charge in [0.2, 0.25) is 0 Å². The molecule has 0 saturated carbocycles. The molecule has 0 radical (unpaired) electrons. The smallest absolute Gasteiger partial charge is 0.266 e. The van der Waals surface area contributed by atoms with Gasteiger partial charge >= 0.3 is 0 Å². The molecular formula is C26H22ClN3O4. The van der Waals surface area contributed by atoms with Crippen LogP contribution in [0.5, 0.6) is 11.5 Å². The minimum atomic E-state index is -0.595. The molecule has 0 unspecified atom stereocenters. The highest BCUT2D eigenvalue weighted by molar-refractivity contribution is 6.34. The molecular weight excluding hydrogens is 454 g/mol. The van der Waals surface area contributed by atoms with Crippen molar-refractivity contribution in [3.63, 3.8) is 0 Å². The van der Waals surface area contributed by atoms with E-state index in [2.05, 4.69) is 10.6 Å². The number of anilines is 2. The van der Waals surface area contributed by atoms with E-state index in [-0.39, 0.29) is 18.1 Å². The number of amides is 2. The highest BCUT2D eigenvalue weighted by Crippen LogP contribution is 2.29. The number of nitriles is 1. The number of carbonyl (C=O) groups excluding carboxylic acids is 2. The number of rotatable bonds is 8. The molecule has 3 aromatic rings. The van der Waals surface area contributed by atoms with Crippen molar-refractivity contribution in [1.29, 1.82) is 5.26 Å². The van der Waals surface area contributed by atoms with Crippen LogP contribution in [0.4, 0.5) is 11.4 Å². The SMILES string of the molecule is COc1cc(/C=C(\C#N)C(=O)Nc2ccccc2Cl)ccc1OCC(=O)Nc1ccc(C)cc1. The zero-order chi connectivity index (χ0) is 24.5. The van der Waals surface area contributed by atoms with Crippen molar-refractivity contribution in [2.75, 3.05) is 24.4 Å². The van der Waals surface area contributed by atoms with Crippen molar-refractivity contribution in [1.82, 2.24) is 0 Å². The zero-order valence-electron chi connectivity index (χ0n) is 18.6. The van der Waals surface area contributed by atoms with Gasteiger partial charge in [-0.3, -0.25) is 9.59 Å². The van der Waals surface area contributed by atoms with Gasteiger partial charge in [-0.15, -0.1) is 0 Å². The van der Waals surface area contributed by atoms with Gasteiger partial charge in [0.15, 0.2) is 18.1 Å². The molecule has 0 atom stereocenters. The number of hydrogen-bond acceptors (Lipinski definition) is 5. The van der Waals surface area contributed by atoms with Crippen LogP contribution in [0.2, 0.25) is 5.02 Å². The van der Waals surface area contributed by atoms with Gasteiger partial charge in [0, 0.05) is 5.69 Å². The van der Waals surface area contributed by atoms with E-state index in [0.717, 1.165) is 5.56 Å². The fourth-order valence-corrected chi connectivity index (χ4v) is 3.12. The Morgan fingerprint density at radius 1 is 1.03 bits per heavy atom. The average molecular weight is 476 g/mol. The van der Waals surface area contributed by atoms with Crippen molar-refractivity contribution >= 4 is 40.9 Å². The third kappa shape index (κ3) is 6.61. The quantitative estimate of drug-likeness (QED) is 0.343. The third-order valence-electron chi connectivity index (χ3n) is 4.68. The number of nitrogens with one attached hydrogen (secondary N) is 2. The molecule has 7 nitrogen and oxygen atoms in total. The second-order valence-electron chi connectivity index (χ2n) is 7.22. The number of para-hydroxylation sites is 1. The van der Waals surface area contributed by atoms with Gasteiger partial charge < -0.3 is 20.1 Å². The number of carbonyl (C=O) groups is 2. The van der Waals surface area contributed by atoms with Gasteiger partial charge in [0.05, 0.1) is 17.8 Å². The molecule has 0 bridgehead atoms. The summed E-state index contributed by atoms with van der Waals surface area (Å²) in [5.41, 5.74) is 2.59. The first-order valence-corrected chi connectivity index (χ1v) is 10.6. The highest BCUT2D eigenvalue weighted by atomic mass is 35.5. The van der Waals surface area contributed by atoms with Crippen molar-refractivity contribution in [3.8, 4) is 17.6 Å². The number of hydrogen-bond donors (Lipinski definition) is 2. The van der Waals surface area contributed by atoms with Crippen LogP contribution in [-0.4, -0.2) is 25.5 Å². The highest BCUT2D eigenvalue weighted by Gasteiger charge is 2.13. The summed E-state index contributed by atoms with van der Waals surface area (Å²) in [4.78, 5) is 24.7. The summed E-state index contributed by atoms with van der Waals surface area (Å²) < 4.78 is 10.9. The standard InChI is InChI=1S/C26H22ClN3O4/c1-17-7-10-20(11-8-17)29-25(31)16-34-23-12-9-18(14-24(23)33-2)13-19(15-28)26(32)30-22-6-4-3-5-21(22)27/h3-14H,16H2,1-2H3,(H,29,31)(H,30,32)/b19-13+. The summed E-state index contributed by atoms with van der Waals surface area (Å²) in [6.45, 7) is 1.74. The van der Waals surface area contributed by atoms with Crippen LogP contribution in [0.15, 0.2) is 72.3 Å². The van der Waals surface area contributed by atoms with E-state index in [1.807, 2.05) is 37.3 Å². The minimum absolute atomic E-state index is 0.117. The maximum atomic E-state index is 12.5. The fraction of sp³-hybridized carbons (Fsp3) is 0.115. The Bertz CT molecular complexity index is 1260. The molecule has 0 aliphatic rings. The first-order chi connectivity index (χ1) is 16.4. The number of ether oxygens (including phenoxy) is 2. The summed E-state index contributed by atoms with van der Waals surface area (Å²) in [6, 6.07) is 20.9. The average Bonchev–Trinajstić information content (AvgIpc) is 2.84. The first-order valence-electron chi connectivity index (χ1n) is 10.2. The Balaban J connectivity index is 1.68. The molecule has 0 aliphatic carbocycles.